The molecular formula is C19H32N4O2. The maximum atomic E-state index is 5.59. The first-order chi connectivity index (χ1) is 12.2. The van der Waals surface area contributed by atoms with Crippen molar-refractivity contribution in [2.75, 3.05) is 33.9 Å². The molecule has 1 heterocycles. The van der Waals surface area contributed by atoms with E-state index < -0.39 is 0 Å². The molecular weight excluding hydrogens is 316 g/mol. The molecule has 0 saturated heterocycles. The Bertz CT molecular complexity index is 542. The molecule has 0 amide bonds. The number of nitrogens with one attached hydrogen (secondary N) is 2. The molecule has 0 aromatic carbocycles. The molecule has 0 unspecified atom stereocenters. The van der Waals surface area contributed by atoms with Gasteiger partial charge in [-0.05, 0) is 37.7 Å². The fourth-order valence-corrected chi connectivity index (χ4v) is 3.49. The van der Waals surface area contributed by atoms with Gasteiger partial charge in [0.15, 0.2) is 5.96 Å². The van der Waals surface area contributed by atoms with E-state index in [1.165, 1.54) is 25.7 Å². The molecule has 6 nitrogen and oxygen atoms in total. The van der Waals surface area contributed by atoms with E-state index in [0.717, 1.165) is 37.7 Å². The Morgan fingerprint density at radius 1 is 1.32 bits per heavy atom. The lowest BCUT2D eigenvalue weighted by Gasteiger charge is -2.30. The van der Waals surface area contributed by atoms with Crippen molar-refractivity contribution in [1.29, 1.82) is 0 Å². The maximum absolute atomic E-state index is 5.59. The minimum absolute atomic E-state index is 0.332. The van der Waals surface area contributed by atoms with Crippen LogP contribution in [0.2, 0.25) is 0 Å². The summed E-state index contributed by atoms with van der Waals surface area (Å²) in [4.78, 5) is 8.58. The number of nitrogens with zero attached hydrogens (tertiary/aromatic N) is 2. The quantitative estimate of drug-likeness (QED) is 0.408. The highest BCUT2D eigenvalue weighted by molar-refractivity contribution is 5.79. The minimum atomic E-state index is 0.332. The lowest BCUT2D eigenvalue weighted by molar-refractivity contribution is 0.105. The van der Waals surface area contributed by atoms with E-state index in [1.54, 1.807) is 20.4 Å². The largest absolute Gasteiger partial charge is 0.481 e. The number of rotatable bonds is 9. The van der Waals surface area contributed by atoms with Gasteiger partial charge in [0.25, 0.3) is 0 Å². The molecule has 1 aliphatic carbocycles. The molecule has 6 heteroatoms. The second-order valence-corrected chi connectivity index (χ2v) is 6.61. The van der Waals surface area contributed by atoms with Crippen molar-refractivity contribution < 1.29 is 9.47 Å². The lowest BCUT2D eigenvalue weighted by atomic mass is 9.83. The highest BCUT2D eigenvalue weighted by Crippen LogP contribution is 2.40. The normalized spacial score (nSPS) is 16.7. The number of aromatic nitrogens is 1. The van der Waals surface area contributed by atoms with Crippen LogP contribution in [-0.4, -0.2) is 44.9 Å². The average molecular weight is 348 g/mol. The molecule has 2 N–H and O–H groups in total. The number of ether oxygens (including phenoxy) is 2. The number of hydrogen-bond acceptors (Lipinski definition) is 4. The second kappa shape index (κ2) is 10.2. The third-order valence-electron chi connectivity index (χ3n) is 4.99. The van der Waals surface area contributed by atoms with Crippen molar-refractivity contribution in [2.24, 2.45) is 10.4 Å². The van der Waals surface area contributed by atoms with Crippen LogP contribution in [0.3, 0.4) is 0 Å². The molecule has 1 fully saturated rings. The van der Waals surface area contributed by atoms with Crippen molar-refractivity contribution in [3.63, 3.8) is 0 Å². The Balaban J connectivity index is 1.86. The third-order valence-corrected chi connectivity index (χ3v) is 4.99. The summed E-state index contributed by atoms with van der Waals surface area (Å²) < 4.78 is 10.9. The maximum Gasteiger partial charge on any atom is 0.218 e. The Morgan fingerprint density at radius 3 is 2.80 bits per heavy atom. The van der Waals surface area contributed by atoms with E-state index in [1.807, 2.05) is 12.1 Å². The molecule has 2 rings (SSSR count). The number of aliphatic imine (C=N–C) groups is 1. The van der Waals surface area contributed by atoms with Gasteiger partial charge >= 0.3 is 0 Å². The topological polar surface area (TPSA) is 67.8 Å². The number of guanidine groups is 1. The monoisotopic (exact) mass is 348 g/mol. The molecule has 1 aromatic heterocycles. The summed E-state index contributed by atoms with van der Waals surface area (Å²) in [6.07, 6.45) is 8.00. The van der Waals surface area contributed by atoms with Gasteiger partial charge in [-0.1, -0.05) is 18.9 Å². The Morgan fingerprint density at radius 2 is 2.12 bits per heavy atom. The van der Waals surface area contributed by atoms with Crippen molar-refractivity contribution in [2.45, 2.75) is 45.6 Å². The lowest BCUT2D eigenvalue weighted by Crippen LogP contribution is -2.43. The smallest absolute Gasteiger partial charge is 0.218 e. The van der Waals surface area contributed by atoms with E-state index in [2.05, 4.69) is 27.5 Å². The predicted molar refractivity (Wildman–Crippen MR) is 101 cm³/mol. The van der Waals surface area contributed by atoms with Crippen LogP contribution in [0.4, 0.5) is 0 Å². The van der Waals surface area contributed by atoms with Crippen LogP contribution in [-0.2, 0) is 11.3 Å². The molecule has 25 heavy (non-hydrogen) atoms. The summed E-state index contributed by atoms with van der Waals surface area (Å²) in [6.45, 7) is 5.25. The van der Waals surface area contributed by atoms with Gasteiger partial charge < -0.3 is 20.1 Å². The summed E-state index contributed by atoms with van der Waals surface area (Å²) >= 11 is 0. The third kappa shape index (κ3) is 5.88. The highest BCUT2D eigenvalue weighted by atomic mass is 16.5. The van der Waals surface area contributed by atoms with Crippen molar-refractivity contribution in [3.8, 4) is 5.88 Å². The van der Waals surface area contributed by atoms with Crippen LogP contribution in [0.15, 0.2) is 23.3 Å². The molecule has 0 aliphatic heterocycles. The zero-order valence-electron chi connectivity index (χ0n) is 15.8. The zero-order chi connectivity index (χ0) is 18.0. The first-order valence-electron chi connectivity index (χ1n) is 9.23. The van der Waals surface area contributed by atoms with Gasteiger partial charge in [-0.3, -0.25) is 4.99 Å². The van der Waals surface area contributed by atoms with Gasteiger partial charge in [-0.15, -0.1) is 0 Å². The molecule has 1 aromatic rings. The van der Waals surface area contributed by atoms with Crippen LogP contribution < -0.4 is 15.4 Å². The van der Waals surface area contributed by atoms with Crippen molar-refractivity contribution in [3.05, 3.63) is 23.9 Å². The fraction of sp³-hybridized carbons (Fsp3) is 0.684. The summed E-state index contributed by atoms with van der Waals surface area (Å²) in [6, 6.07) is 3.92. The van der Waals surface area contributed by atoms with Crippen LogP contribution in [0.25, 0.3) is 0 Å². The van der Waals surface area contributed by atoms with E-state index in [9.17, 15) is 0 Å². The number of pyridine rings is 1. The SMILES string of the molecule is CCOCCC1(CNC(=NC)NCc2cccnc2OC)CCCC1. The molecule has 0 spiro atoms. The van der Waals surface area contributed by atoms with Crippen LogP contribution >= 0.6 is 0 Å². The second-order valence-electron chi connectivity index (χ2n) is 6.61. The first kappa shape index (κ1) is 19.5. The van der Waals surface area contributed by atoms with Gasteiger partial charge in [0.2, 0.25) is 5.88 Å². The van der Waals surface area contributed by atoms with E-state index in [4.69, 9.17) is 9.47 Å². The standard InChI is InChI=1S/C19H32N4O2/c1-4-25-13-11-19(9-5-6-10-19)15-23-18(20-2)22-14-16-8-7-12-21-17(16)24-3/h7-8,12H,4-6,9-11,13-15H2,1-3H3,(H2,20,22,23). The van der Waals surface area contributed by atoms with Crippen LogP contribution in [0.5, 0.6) is 5.88 Å². The predicted octanol–water partition coefficient (Wildman–Crippen LogP) is 2.74. The molecule has 140 valence electrons. The summed E-state index contributed by atoms with van der Waals surface area (Å²) in [5.74, 6) is 1.46. The van der Waals surface area contributed by atoms with E-state index in [-0.39, 0.29) is 0 Å². The Hall–Kier alpha value is -1.82. The number of methoxy groups -OCH3 is 1. The molecule has 1 saturated carbocycles. The van der Waals surface area contributed by atoms with E-state index >= 15 is 0 Å². The van der Waals surface area contributed by atoms with Crippen LogP contribution in [0.1, 0.15) is 44.6 Å². The van der Waals surface area contributed by atoms with Gasteiger partial charge in [0.1, 0.15) is 0 Å². The van der Waals surface area contributed by atoms with Crippen molar-refractivity contribution >= 4 is 5.96 Å². The summed E-state index contributed by atoms with van der Waals surface area (Å²) in [5, 5.41) is 6.87. The average Bonchev–Trinajstić information content (AvgIpc) is 3.11. The fourth-order valence-electron chi connectivity index (χ4n) is 3.49. The molecule has 0 radical (unpaired) electrons. The highest BCUT2D eigenvalue weighted by Gasteiger charge is 2.33. The van der Waals surface area contributed by atoms with Gasteiger partial charge in [-0.25, -0.2) is 4.98 Å². The zero-order valence-corrected chi connectivity index (χ0v) is 15.8. The molecule has 0 atom stereocenters. The van der Waals surface area contributed by atoms with Gasteiger partial charge in [0.05, 0.1) is 7.11 Å². The Labute approximate surface area is 151 Å². The number of hydrogen-bond donors (Lipinski definition) is 2. The van der Waals surface area contributed by atoms with Crippen molar-refractivity contribution in [1.82, 2.24) is 15.6 Å². The van der Waals surface area contributed by atoms with Crippen LogP contribution in [0, 0.1) is 5.41 Å². The van der Waals surface area contributed by atoms with Gasteiger partial charge in [0, 0.05) is 45.1 Å². The first-order valence-corrected chi connectivity index (χ1v) is 9.23. The minimum Gasteiger partial charge on any atom is -0.481 e. The summed E-state index contributed by atoms with van der Waals surface area (Å²) in [7, 11) is 3.44. The molecule has 0 bridgehead atoms. The van der Waals surface area contributed by atoms with Gasteiger partial charge in [-0.2, -0.15) is 0 Å². The molecule has 1 aliphatic rings. The Kier molecular flexibility index (Phi) is 7.98. The van der Waals surface area contributed by atoms with E-state index in [0.29, 0.717) is 17.8 Å². The summed E-state index contributed by atoms with van der Waals surface area (Å²) in [5.41, 5.74) is 1.35.